The van der Waals surface area contributed by atoms with Gasteiger partial charge in [0.2, 0.25) is 0 Å². The predicted octanol–water partition coefficient (Wildman–Crippen LogP) is 4.72. The van der Waals surface area contributed by atoms with Crippen molar-refractivity contribution in [1.29, 1.82) is 0 Å². The summed E-state index contributed by atoms with van der Waals surface area (Å²) in [4.78, 5) is 4.48. The molecule has 0 aliphatic carbocycles. The number of fused-ring (bicyclic) bond motifs is 1. The van der Waals surface area contributed by atoms with E-state index >= 15 is 0 Å². The molecule has 0 amide bonds. The molecule has 100 valence electrons. The molecule has 2 nitrogen and oxygen atoms in total. The van der Waals surface area contributed by atoms with Gasteiger partial charge >= 0.3 is 0 Å². The normalized spacial score (nSPS) is 12.3. The van der Waals surface area contributed by atoms with Crippen LogP contribution in [0.15, 0.2) is 60.8 Å². The molecule has 0 aliphatic heterocycles. The second-order valence-corrected chi connectivity index (χ2v) is 5.16. The van der Waals surface area contributed by atoms with Crippen molar-refractivity contribution in [3.05, 3.63) is 71.9 Å². The zero-order chi connectivity index (χ0) is 13.9. The molecule has 0 spiro atoms. The van der Waals surface area contributed by atoms with Crippen LogP contribution in [0.1, 0.15) is 24.1 Å². The number of hydrogen-bond donors (Lipinski definition) is 1. The number of nitrogens with one attached hydrogen (secondary N) is 1. The Morgan fingerprint density at radius 2 is 1.70 bits per heavy atom. The van der Waals surface area contributed by atoms with Crippen molar-refractivity contribution in [2.75, 3.05) is 5.32 Å². The molecule has 2 heteroatoms. The molecule has 2 aromatic carbocycles. The summed E-state index contributed by atoms with van der Waals surface area (Å²) in [5.41, 5.74) is 4.67. The fourth-order valence-corrected chi connectivity index (χ4v) is 2.39. The van der Waals surface area contributed by atoms with Crippen molar-refractivity contribution in [3.63, 3.8) is 0 Å². The van der Waals surface area contributed by atoms with E-state index in [-0.39, 0.29) is 6.04 Å². The maximum Gasteiger partial charge on any atom is 0.0933 e. The molecule has 0 aliphatic rings. The molecule has 1 heterocycles. The van der Waals surface area contributed by atoms with Crippen LogP contribution in [0.2, 0.25) is 0 Å². The van der Waals surface area contributed by atoms with E-state index in [1.807, 2.05) is 12.3 Å². The van der Waals surface area contributed by atoms with Gasteiger partial charge in [-0.2, -0.15) is 0 Å². The van der Waals surface area contributed by atoms with Gasteiger partial charge in [-0.3, -0.25) is 4.98 Å². The summed E-state index contributed by atoms with van der Waals surface area (Å²) in [5.74, 6) is 0. The third-order valence-electron chi connectivity index (χ3n) is 3.58. The Bertz CT molecular complexity index is 712. The average molecular weight is 262 g/mol. The largest absolute Gasteiger partial charge is 0.377 e. The molecular formula is C18H18N2. The Kier molecular flexibility index (Phi) is 3.38. The molecule has 20 heavy (non-hydrogen) atoms. The maximum absolute atomic E-state index is 4.48. The Balaban J connectivity index is 1.91. The quantitative estimate of drug-likeness (QED) is 0.739. The van der Waals surface area contributed by atoms with E-state index in [4.69, 9.17) is 0 Å². The molecule has 3 rings (SSSR count). The Morgan fingerprint density at radius 3 is 2.50 bits per heavy atom. The average Bonchev–Trinajstić information content (AvgIpc) is 2.48. The van der Waals surface area contributed by atoms with E-state index in [0.717, 1.165) is 16.6 Å². The van der Waals surface area contributed by atoms with Gasteiger partial charge in [-0.15, -0.1) is 0 Å². The van der Waals surface area contributed by atoms with E-state index in [9.17, 15) is 0 Å². The molecule has 1 N–H and O–H groups in total. The first-order valence-corrected chi connectivity index (χ1v) is 6.91. The van der Waals surface area contributed by atoms with E-state index in [1.54, 1.807) is 0 Å². The lowest BCUT2D eigenvalue weighted by Gasteiger charge is -2.17. The van der Waals surface area contributed by atoms with Crippen LogP contribution < -0.4 is 5.32 Å². The molecule has 1 aromatic heterocycles. The third-order valence-corrected chi connectivity index (χ3v) is 3.58. The van der Waals surface area contributed by atoms with E-state index < -0.39 is 0 Å². The first-order chi connectivity index (χ1) is 9.74. The number of anilines is 1. The number of nitrogens with zero attached hydrogens (tertiary/aromatic N) is 1. The highest BCUT2D eigenvalue weighted by atomic mass is 14.9. The van der Waals surface area contributed by atoms with Crippen molar-refractivity contribution < 1.29 is 0 Å². The van der Waals surface area contributed by atoms with Crippen LogP contribution in [0.5, 0.6) is 0 Å². The van der Waals surface area contributed by atoms with Gasteiger partial charge in [0, 0.05) is 17.6 Å². The van der Waals surface area contributed by atoms with E-state index in [2.05, 4.69) is 72.7 Å². The first-order valence-electron chi connectivity index (χ1n) is 6.91. The third kappa shape index (κ3) is 2.50. The van der Waals surface area contributed by atoms with Gasteiger partial charge in [-0.05, 0) is 31.5 Å². The molecule has 0 saturated heterocycles. The van der Waals surface area contributed by atoms with Gasteiger partial charge in [0.1, 0.15) is 0 Å². The second kappa shape index (κ2) is 5.33. The van der Waals surface area contributed by atoms with E-state index in [1.165, 1.54) is 11.1 Å². The highest BCUT2D eigenvalue weighted by molar-refractivity contribution is 5.90. The summed E-state index contributed by atoms with van der Waals surface area (Å²) in [6.45, 7) is 4.28. The van der Waals surface area contributed by atoms with Gasteiger partial charge < -0.3 is 5.32 Å². The van der Waals surface area contributed by atoms with Crippen LogP contribution in [-0.4, -0.2) is 4.98 Å². The number of benzene rings is 2. The molecule has 0 saturated carbocycles. The topological polar surface area (TPSA) is 24.9 Å². The molecule has 3 aromatic rings. The Morgan fingerprint density at radius 1 is 0.950 bits per heavy atom. The highest BCUT2D eigenvalue weighted by Gasteiger charge is 2.07. The van der Waals surface area contributed by atoms with Crippen molar-refractivity contribution in [2.45, 2.75) is 19.9 Å². The van der Waals surface area contributed by atoms with Crippen LogP contribution in [-0.2, 0) is 0 Å². The monoisotopic (exact) mass is 262 g/mol. The minimum Gasteiger partial charge on any atom is -0.377 e. The molecule has 0 bridgehead atoms. The van der Waals surface area contributed by atoms with Crippen LogP contribution in [0.25, 0.3) is 10.9 Å². The van der Waals surface area contributed by atoms with Gasteiger partial charge in [0.15, 0.2) is 0 Å². The molecule has 0 fully saturated rings. The van der Waals surface area contributed by atoms with Gasteiger partial charge in [-0.1, -0.05) is 48.0 Å². The summed E-state index contributed by atoms with van der Waals surface area (Å²) in [6, 6.07) is 19.2. The fraction of sp³-hybridized carbons (Fsp3) is 0.167. The number of rotatable bonds is 3. The summed E-state index contributed by atoms with van der Waals surface area (Å²) in [5, 5.41) is 4.72. The predicted molar refractivity (Wildman–Crippen MR) is 85.0 cm³/mol. The lowest BCUT2D eigenvalue weighted by atomic mass is 10.1. The number of pyridine rings is 1. The van der Waals surface area contributed by atoms with Crippen LogP contribution in [0.4, 0.5) is 5.69 Å². The maximum atomic E-state index is 4.48. The summed E-state index contributed by atoms with van der Waals surface area (Å²) in [6.07, 6.45) is 1.84. The summed E-state index contributed by atoms with van der Waals surface area (Å²) >= 11 is 0. The van der Waals surface area contributed by atoms with Crippen molar-refractivity contribution in [1.82, 2.24) is 4.98 Å². The van der Waals surface area contributed by atoms with Gasteiger partial charge in [-0.25, -0.2) is 0 Å². The molecular weight excluding hydrogens is 244 g/mol. The first kappa shape index (κ1) is 12.7. The Hall–Kier alpha value is -2.35. The minimum atomic E-state index is 0.253. The highest BCUT2D eigenvalue weighted by Crippen LogP contribution is 2.25. The lowest BCUT2D eigenvalue weighted by molar-refractivity contribution is 0.885. The standard InChI is InChI=1S/C18H18N2/c1-13-8-10-15(11-9-13)14(2)20-17-7-3-5-16-6-4-12-19-18(16)17/h3-12,14,20H,1-2H3. The van der Waals surface area contributed by atoms with Gasteiger partial charge in [0.05, 0.1) is 11.2 Å². The van der Waals surface area contributed by atoms with Crippen LogP contribution in [0, 0.1) is 6.92 Å². The number of para-hydroxylation sites is 1. The van der Waals surface area contributed by atoms with E-state index in [0.29, 0.717) is 0 Å². The van der Waals surface area contributed by atoms with Crippen molar-refractivity contribution in [3.8, 4) is 0 Å². The fourth-order valence-electron chi connectivity index (χ4n) is 2.39. The number of aryl methyl sites for hydroxylation is 1. The lowest BCUT2D eigenvalue weighted by Crippen LogP contribution is -2.07. The van der Waals surface area contributed by atoms with Crippen LogP contribution in [0.3, 0.4) is 0 Å². The van der Waals surface area contributed by atoms with Crippen molar-refractivity contribution in [2.24, 2.45) is 0 Å². The summed E-state index contributed by atoms with van der Waals surface area (Å²) < 4.78 is 0. The SMILES string of the molecule is Cc1ccc(C(C)Nc2cccc3cccnc23)cc1. The molecule has 1 unspecified atom stereocenters. The smallest absolute Gasteiger partial charge is 0.0933 e. The zero-order valence-corrected chi connectivity index (χ0v) is 11.8. The van der Waals surface area contributed by atoms with Gasteiger partial charge in [0.25, 0.3) is 0 Å². The number of hydrogen-bond acceptors (Lipinski definition) is 2. The Labute approximate surface area is 119 Å². The number of aromatic nitrogens is 1. The summed E-state index contributed by atoms with van der Waals surface area (Å²) in [7, 11) is 0. The zero-order valence-electron chi connectivity index (χ0n) is 11.8. The van der Waals surface area contributed by atoms with Crippen LogP contribution >= 0.6 is 0 Å². The second-order valence-electron chi connectivity index (χ2n) is 5.16. The molecule has 0 radical (unpaired) electrons. The molecule has 1 atom stereocenters. The van der Waals surface area contributed by atoms with Crippen molar-refractivity contribution >= 4 is 16.6 Å². The minimum absolute atomic E-state index is 0.253.